The maximum Gasteiger partial charge on any atom is 0.323 e. The molecule has 0 spiro atoms. The molecule has 21 heavy (non-hydrogen) atoms. The third-order valence-electron chi connectivity index (χ3n) is 3.06. The van der Waals surface area contributed by atoms with Crippen molar-refractivity contribution in [3.8, 4) is 0 Å². The third kappa shape index (κ3) is 4.59. The van der Waals surface area contributed by atoms with Crippen LogP contribution in [0.1, 0.15) is 11.1 Å². The Morgan fingerprint density at radius 1 is 0.905 bits per heavy atom. The molecule has 5 nitrogen and oxygen atoms in total. The summed E-state index contributed by atoms with van der Waals surface area (Å²) in [7, 11) is 0. The number of carbonyl (C=O) groups is 1. The molecule has 2 aromatic rings. The van der Waals surface area contributed by atoms with Crippen molar-refractivity contribution in [2.45, 2.75) is 13.0 Å². The molecular weight excluding hydrogens is 266 g/mol. The van der Waals surface area contributed by atoms with E-state index in [-0.39, 0.29) is 12.6 Å². The Morgan fingerprint density at radius 2 is 1.38 bits per heavy atom. The van der Waals surface area contributed by atoms with E-state index >= 15 is 0 Å². The molecule has 0 aromatic heterocycles. The van der Waals surface area contributed by atoms with Crippen LogP contribution in [0.3, 0.4) is 0 Å². The molecule has 0 bridgehead atoms. The second-order valence-corrected chi connectivity index (χ2v) is 4.65. The monoisotopic (exact) mass is 285 g/mol. The zero-order valence-electron chi connectivity index (χ0n) is 11.7. The summed E-state index contributed by atoms with van der Waals surface area (Å²) in [5, 5.41) is 14.4. The van der Waals surface area contributed by atoms with Gasteiger partial charge in [-0.15, -0.1) is 0 Å². The standard InChI is InChI=1S/C16H19N3O2/c17-11-13-3-7-15(8-4-13)19-16(21)18-14-5-1-12(2-6-14)9-10-20/h1-8,20H,9-11,17H2,(H2,18,19,21). The average molecular weight is 285 g/mol. The van der Waals surface area contributed by atoms with Crippen LogP contribution in [-0.2, 0) is 13.0 Å². The minimum atomic E-state index is -0.301. The van der Waals surface area contributed by atoms with Crippen LogP contribution in [0.5, 0.6) is 0 Å². The number of nitrogens with two attached hydrogens (primary N) is 1. The van der Waals surface area contributed by atoms with Crippen molar-refractivity contribution in [1.82, 2.24) is 0 Å². The van der Waals surface area contributed by atoms with Gasteiger partial charge in [0.2, 0.25) is 0 Å². The van der Waals surface area contributed by atoms with Gasteiger partial charge in [-0.25, -0.2) is 4.79 Å². The molecule has 0 heterocycles. The van der Waals surface area contributed by atoms with Crippen LogP contribution in [0.15, 0.2) is 48.5 Å². The van der Waals surface area contributed by atoms with Crippen LogP contribution in [0.2, 0.25) is 0 Å². The van der Waals surface area contributed by atoms with Crippen LogP contribution in [0.4, 0.5) is 16.2 Å². The topological polar surface area (TPSA) is 87.4 Å². The lowest BCUT2D eigenvalue weighted by Gasteiger charge is -2.08. The number of aliphatic hydroxyl groups excluding tert-OH is 1. The van der Waals surface area contributed by atoms with Crippen LogP contribution >= 0.6 is 0 Å². The molecule has 0 fully saturated rings. The summed E-state index contributed by atoms with van der Waals surface area (Å²) in [6.07, 6.45) is 0.611. The largest absolute Gasteiger partial charge is 0.396 e. The Balaban J connectivity index is 1.91. The van der Waals surface area contributed by atoms with Crippen LogP contribution < -0.4 is 16.4 Å². The van der Waals surface area contributed by atoms with Crippen molar-refractivity contribution in [2.75, 3.05) is 17.2 Å². The summed E-state index contributed by atoms with van der Waals surface area (Å²) in [6.45, 7) is 0.596. The maximum atomic E-state index is 11.9. The second kappa shape index (κ2) is 7.42. The third-order valence-corrected chi connectivity index (χ3v) is 3.06. The smallest absolute Gasteiger partial charge is 0.323 e. The lowest BCUT2D eigenvalue weighted by atomic mass is 10.1. The number of hydrogen-bond donors (Lipinski definition) is 4. The average Bonchev–Trinajstić information content (AvgIpc) is 2.50. The molecule has 0 aliphatic heterocycles. The van der Waals surface area contributed by atoms with Crippen molar-refractivity contribution in [3.63, 3.8) is 0 Å². The molecule has 0 aliphatic carbocycles. The molecule has 0 atom stereocenters. The molecule has 0 saturated carbocycles. The highest BCUT2D eigenvalue weighted by Crippen LogP contribution is 2.12. The number of carbonyl (C=O) groups excluding carboxylic acids is 1. The molecule has 5 heteroatoms. The molecular formula is C16H19N3O2. The van der Waals surface area contributed by atoms with Gasteiger partial charge in [0.1, 0.15) is 0 Å². The van der Waals surface area contributed by atoms with Crippen LogP contribution in [-0.4, -0.2) is 17.7 Å². The molecule has 110 valence electrons. The normalized spacial score (nSPS) is 10.2. The van der Waals surface area contributed by atoms with Gasteiger partial charge in [-0.3, -0.25) is 0 Å². The predicted octanol–water partition coefficient (Wildman–Crippen LogP) is 2.32. The van der Waals surface area contributed by atoms with Gasteiger partial charge in [-0.1, -0.05) is 24.3 Å². The molecule has 2 amide bonds. The van der Waals surface area contributed by atoms with Gasteiger partial charge in [-0.2, -0.15) is 0 Å². The van der Waals surface area contributed by atoms with Gasteiger partial charge in [-0.05, 0) is 41.8 Å². The van der Waals surface area contributed by atoms with E-state index in [1.54, 1.807) is 0 Å². The van der Waals surface area contributed by atoms with Gasteiger partial charge in [0.05, 0.1) is 0 Å². The van der Waals surface area contributed by atoms with E-state index < -0.39 is 0 Å². The highest BCUT2D eigenvalue weighted by molar-refractivity contribution is 5.99. The SMILES string of the molecule is NCc1ccc(NC(=O)Nc2ccc(CCO)cc2)cc1. The Kier molecular flexibility index (Phi) is 5.31. The molecule has 2 rings (SSSR count). The van der Waals surface area contributed by atoms with E-state index in [0.29, 0.717) is 24.3 Å². The van der Waals surface area contributed by atoms with E-state index in [0.717, 1.165) is 11.1 Å². The number of aliphatic hydroxyl groups is 1. The number of rotatable bonds is 5. The predicted molar refractivity (Wildman–Crippen MR) is 84.2 cm³/mol. The number of hydrogen-bond acceptors (Lipinski definition) is 3. The van der Waals surface area contributed by atoms with Crippen molar-refractivity contribution < 1.29 is 9.90 Å². The highest BCUT2D eigenvalue weighted by Gasteiger charge is 2.03. The first-order chi connectivity index (χ1) is 10.2. The van der Waals surface area contributed by atoms with Crippen LogP contribution in [0, 0.1) is 0 Å². The fraction of sp³-hybridized carbons (Fsp3) is 0.188. The summed E-state index contributed by atoms with van der Waals surface area (Å²) in [4.78, 5) is 11.9. The first-order valence-corrected chi connectivity index (χ1v) is 6.78. The molecule has 5 N–H and O–H groups in total. The van der Waals surface area contributed by atoms with Crippen molar-refractivity contribution in [2.24, 2.45) is 5.73 Å². The van der Waals surface area contributed by atoms with E-state index in [2.05, 4.69) is 10.6 Å². The molecule has 0 aliphatic rings. The lowest BCUT2D eigenvalue weighted by Crippen LogP contribution is -2.19. The quantitative estimate of drug-likeness (QED) is 0.680. The van der Waals surface area contributed by atoms with E-state index in [9.17, 15) is 4.79 Å². The minimum Gasteiger partial charge on any atom is -0.396 e. The minimum absolute atomic E-state index is 0.117. The molecule has 0 saturated heterocycles. The Labute approximate surface area is 123 Å². The van der Waals surface area contributed by atoms with Gasteiger partial charge in [0, 0.05) is 24.5 Å². The Bertz CT molecular complexity index is 579. The van der Waals surface area contributed by atoms with Gasteiger partial charge in [0.25, 0.3) is 0 Å². The first kappa shape index (κ1) is 15.0. The van der Waals surface area contributed by atoms with Gasteiger partial charge < -0.3 is 21.5 Å². The number of urea groups is 1. The van der Waals surface area contributed by atoms with Gasteiger partial charge >= 0.3 is 6.03 Å². The fourth-order valence-corrected chi connectivity index (χ4v) is 1.90. The highest BCUT2D eigenvalue weighted by atomic mass is 16.3. The summed E-state index contributed by atoms with van der Waals surface area (Å²) >= 11 is 0. The number of anilines is 2. The fourth-order valence-electron chi connectivity index (χ4n) is 1.90. The summed E-state index contributed by atoms with van der Waals surface area (Å²) < 4.78 is 0. The number of nitrogens with one attached hydrogen (secondary N) is 2. The van der Waals surface area contributed by atoms with Crippen molar-refractivity contribution in [1.29, 1.82) is 0 Å². The molecule has 0 radical (unpaired) electrons. The molecule has 2 aromatic carbocycles. The van der Waals surface area contributed by atoms with Crippen LogP contribution in [0.25, 0.3) is 0 Å². The summed E-state index contributed by atoms with van der Waals surface area (Å²) in [6, 6.07) is 14.4. The van der Waals surface area contributed by atoms with E-state index in [4.69, 9.17) is 10.8 Å². The summed E-state index contributed by atoms with van der Waals surface area (Å²) in [5.74, 6) is 0. The second-order valence-electron chi connectivity index (χ2n) is 4.65. The Hall–Kier alpha value is -2.37. The number of amides is 2. The first-order valence-electron chi connectivity index (χ1n) is 6.78. The summed E-state index contributed by atoms with van der Waals surface area (Å²) in [5.41, 5.74) is 8.98. The zero-order chi connectivity index (χ0) is 15.1. The zero-order valence-corrected chi connectivity index (χ0v) is 11.7. The van der Waals surface area contributed by atoms with Gasteiger partial charge in [0.15, 0.2) is 0 Å². The maximum absolute atomic E-state index is 11.9. The van der Waals surface area contributed by atoms with Crippen molar-refractivity contribution in [3.05, 3.63) is 59.7 Å². The Morgan fingerprint density at radius 3 is 1.81 bits per heavy atom. The van der Waals surface area contributed by atoms with E-state index in [1.165, 1.54) is 0 Å². The molecule has 0 unspecified atom stereocenters. The van der Waals surface area contributed by atoms with E-state index in [1.807, 2.05) is 48.5 Å². The van der Waals surface area contributed by atoms with Crippen molar-refractivity contribution >= 4 is 17.4 Å². The lowest BCUT2D eigenvalue weighted by molar-refractivity contribution is 0.262. The number of benzene rings is 2.